The Morgan fingerprint density at radius 1 is 0.650 bits per heavy atom. The van der Waals surface area contributed by atoms with E-state index in [1.807, 2.05) is 0 Å². The van der Waals surface area contributed by atoms with E-state index in [0.717, 1.165) is 0 Å². The van der Waals surface area contributed by atoms with E-state index in [1.165, 1.54) is 12.1 Å². The standard InChI is InChI=1S/C14H12O4S2/c1-9-3-5-11-12-6-4-10(2)8-14(12)20(17,18)19(15,16)13(11)7-9/h3-8H,1-2H3. The van der Waals surface area contributed by atoms with Crippen LogP contribution in [0.25, 0.3) is 11.1 Å². The number of hydrogen-bond acceptors (Lipinski definition) is 4. The van der Waals surface area contributed by atoms with Gasteiger partial charge < -0.3 is 0 Å². The maximum atomic E-state index is 12.4. The molecule has 0 spiro atoms. The van der Waals surface area contributed by atoms with E-state index >= 15 is 0 Å². The molecule has 1 aliphatic heterocycles. The maximum Gasteiger partial charge on any atom is 0.287 e. The zero-order valence-corrected chi connectivity index (χ0v) is 12.5. The van der Waals surface area contributed by atoms with Gasteiger partial charge >= 0.3 is 0 Å². The fraction of sp³-hybridized carbons (Fsp3) is 0.143. The Labute approximate surface area is 117 Å². The molecule has 4 nitrogen and oxygen atoms in total. The highest BCUT2D eigenvalue weighted by atomic mass is 33.2. The summed E-state index contributed by atoms with van der Waals surface area (Å²) >= 11 is 0. The van der Waals surface area contributed by atoms with Crippen molar-refractivity contribution < 1.29 is 16.8 Å². The average Bonchev–Trinajstić information content (AvgIpc) is 2.37. The Balaban J connectivity index is 2.57. The molecule has 0 bridgehead atoms. The van der Waals surface area contributed by atoms with E-state index < -0.39 is 17.7 Å². The molecule has 104 valence electrons. The summed E-state index contributed by atoms with van der Waals surface area (Å²) in [5.74, 6) is 0. The molecule has 0 fully saturated rings. The highest BCUT2D eigenvalue weighted by Gasteiger charge is 2.42. The van der Waals surface area contributed by atoms with E-state index in [1.54, 1.807) is 38.1 Å². The highest BCUT2D eigenvalue weighted by Crippen LogP contribution is 2.42. The van der Waals surface area contributed by atoms with Crippen molar-refractivity contribution in [2.75, 3.05) is 0 Å². The van der Waals surface area contributed by atoms with Gasteiger partial charge in [-0.25, -0.2) is 16.8 Å². The van der Waals surface area contributed by atoms with Gasteiger partial charge in [-0.2, -0.15) is 0 Å². The fourth-order valence-electron chi connectivity index (χ4n) is 2.35. The molecule has 1 heterocycles. The third kappa shape index (κ3) is 1.58. The molecule has 0 saturated heterocycles. The second-order valence-electron chi connectivity index (χ2n) is 4.91. The number of fused-ring (bicyclic) bond motifs is 3. The van der Waals surface area contributed by atoms with Gasteiger partial charge in [-0.15, -0.1) is 0 Å². The van der Waals surface area contributed by atoms with Crippen LogP contribution < -0.4 is 0 Å². The molecule has 0 N–H and O–H groups in total. The minimum atomic E-state index is -4.40. The van der Waals surface area contributed by atoms with Gasteiger partial charge in [0.2, 0.25) is 0 Å². The molecular formula is C14H12O4S2. The van der Waals surface area contributed by atoms with Gasteiger partial charge in [-0.05, 0) is 37.1 Å². The van der Waals surface area contributed by atoms with Crippen molar-refractivity contribution in [2.24, 2.45) is 0 Å². The monoisotopic (exact) mass is 308 g/mol. The first-order valence-corrected chi connectivity index (χ1v) is 9.45. The lowest BCUT2D eigenvalue weighted by Crippen LogP contribution is -2.22. The molecule has 6 heteroatoms. The van der Waals surface area contributed by atoms with Gasteiger partial charge in [0, 0.05) is 11.1 Å². The number of aryl methyl sites for hydroxylation is 2. The van der Waals surface area contributed by atoms with Gasteiger partial charge in [-0.3, -0.25) is 0 Å². The highest BCUT2D eigenvalue weighted by molar-refractivity contribution is 8.67. The third-order valence-electron chi connectivity index (χ3n) is 3.39. The van der Waals surface area contributed by atoms with E-state index in [4.69, 9.17) is 0 Å². The first kappa shape index (κ1) is 13.3. The molecule has 0 saturated carbocycles. The number of benzene rings is 2. The molecule has 2 aromatic rings. The van der Waals surface area contributed by atoms with Crippen molar-refractivity contribution in [3.63, 3.8) is 0 Å². The molecule has 0 amide bonds. The van der Waals surface area contributed by atoms with Gasteiger partial charge in [0.15, 0.2) is 0 Å². The van der Waals surface area contributed by atoms with Gasteiger partial charge in [0.1, 0.15) is 0 Å². The lowest BCUT2D eigenvalue weighted by atomic mass is 10.0. The molecule has 0 aliphatic carbocycles. The number of rotatable bonds is 0. The second-order valence-corrected chi connectivity index (χ2v) is 10.2. The molecule has 20 heavy (non-hydrogen) atoms. The molecule has 1 aliphatic rings. The minimum absolute atomic E-state index is 0.131. The Morgan fingerprint density at radius 3 is 1.35 bits per heavy atom. The van der Waals surface area contributed by atoms with Crippen LogP contribution in [0.3, 0.4) is 0 Å². The summed E-state index contributed by atoms with van der Waals surface area (Å²) in [6.07, 6.45) is 0. The van der Waals surface area contributed by atoms with Crippen LogP contribution in [0.1, 0.15) is 11.1 Å². The van der Waals surface area contributed by atoms with Crippen molar-refractivity contribution in [3.8, 4) is 11.1 Å². The largest absolute Gasteiger partial charge is 0.287 e. The fourth-order valence-corrected chi connectivity index (χ4v) is 6.63. The SMILES string of the molecule is Cc1ccc2c(c1)S(=O)(=O)S(=O)(=O)c1cc(C)ccc1-2. The van der Waals surface area contributed by atoms with Crippen molar-refractivity contribution in [1.82, 2.24) is 0 Å². The van der Waals surface area contributed by atoms with Crippen molar-refractivity contribution >= 4 is 17.7 Å². The molecule has 0 unspecified atom stereocenters. The topological polar surface area (TPSA) is 68.3 Å². The average molecular weight is 308 g/mol. The Kier molecular flexibility index (Phi) is 2.62. The van der Waals surface area contributed by atoms with E-state index in [0.29, 0.717) is 22.3 Å². The van der Waals surface area contributed by atoms with Crippen LogP contribution in [0, 0.1) is 13.8 Å². The van der Waals surface area contributed by atoms with Crippen LogP contribution in [0.4, 0.5) is 0 Å². The lowest BCUT2D eigenvalue weighted by Gasteiger charge is -2.20. The molecule has 0 aromatic heterocycles. The van der Waals surface area contributed by atoms with Gasteiger partial charge in [0.05, 0.1) is 9.79 Å². The number of hydrogen-bond donors (Lipinski definition) is 0. The van der Waals surface area contributed by atoms with Gasteiger partial charge in [-0.1, -0.05) is 24.3 Å². The summed E-state index contributed by atoms with van der Waals surface area (Å²) in [5.41, 5.74) is 2.30. The second kappa shape index (κ2) is 3.93. The van der Waals surface area contributed by atoms with Crippen LogP contribution in [-0.4, -0.2) is 16.8 Å². The lowest BCUT2D eigenvalue weighted by molar-refractivity contribution is 0.581. The Morgan fingerprint density at radius 2 is 1.00 bits per heavy atom. The summed E-state index contributed by atoms with van der Waals surface area (Å²) < 4.78 is 49.5. The summed E-state index contributed by atoms with van der Waals surface area (Å²) in [6.45, 7) is 3.46. The van der Waals surface area contributed by atoms with E-state index in [-0.39, 0.29) is 9.79 Å². The summed E-state index contributed by atoms with van der Waals surface area (Å²) in [4.78, 5) is -0.261. The third-order valence-corrected chi connectivity index (χ3v) is 8.53. The van der Waals surface area contributed by atoms with Crippen molar-refractivity contribution in [2.45, 2.75) is 23.6 Å². The molecule has 0 radical (unpaired) electrons. The van der Waals surface area contributed by atoms with E-state index in [2.05, 4.69) is 0 Å². The zero-order valence-electron chi connectivity index (χ0n) is 10.9. The Bertz CT molecular complexity index is 860. The first-order chi connectivity index (χ1) is 9.25. The zero-order chi connectivity index (χ0) is 14.7. The van der Waals surface area contributed by atoms with Crippen LogP contribution in [0.5, 0.6) is 0 Å². The minimum Gasteiger partial charge on any atom is -0.207 e. The van der Waals surface area contributed by atoms with Crippen LogP contribution >= 0.6 is 0 Å². The maximum absolute atomic E-state index is 12.4. The molecule has 3 rings (SSSR count). The normalized spacial score (nSPS) is 18.1. The summed E-state index contributed by atoms with van der Waals surface area (Å²) in [5, 5.41) is 0. The van der Waals surface area contributed by atoms with Crippen LogP contribution in [0.2, 0.25) is 0 Å². The first-order valence-electron chi connectivity index (χ1n) is 5.97. The van der Waals surface area contributed by atoms with Crippen molar-refractivity contribution in [1.29, 1.82) is 0 Å². The van der Waals surface area contributed by atoms with Crippen LogP contribution in [0.15, 0.2) is 46.2 Å². The van der Waals surface area contributed by atoms with Gasteiger partial charge in [0.25, 0.3) is 17.7 Å². The smallest absolute Gasteiger partial charge is 0.207 e. The summed E-state index contributed by atoms with van der Waals surface area (Å²) in [7, 11) is -8.80. The van der Waals surface area contributed by atoms with Crippen molar-refractivity contribution in [3.05, 3.63) is 47.5 Å². The molecular weight excluding hydrogens is 296 g/mol. The quantitative estimate of drug-likeness (QED) is 0.701. The predicted molar refractivity (Wildman–Crippen MR) is 75.7 cm³/mol. The molecule has 2 aromatic carbocycles. The van der Waals surface area contributed by atoms with Crippen LogP contribution in [-0.2, 0) is 17.7 Å². The summed E-state index contributed by atoms with van der Waals surface area (Å²) in [6, 6.07) is 9.68. The van der Waals surface area contributed by atoms with E-state index in [9.17, 15) is 16.8 Å². The predicted octanol–water partition coefficient (Wildman–Crippen LogP) is 2.45. The Hall–Kier alpha value is -1.66. The molecule has 0 atom stereocenters.